The molecule has 0 saturated heterocycles. The molecule has 2 heterocycles. The van der Waals surface area contributed by atoms with E-state index in [1.54, 1.807) is 16.0 Å². The van der Waals surface area contributed by atoms with Crippen LogP contribution in [0.5, 0.6) is 0 Å². The molecule has 0 saturated carbocycles. The number of carbonyl (C=O) groups is 1. The second-order valence-corrected chi connectivity index (χ2v) is 9.44. The van der Waals surface area contributed by atoms with Gasteiger partial charge < -0.3 is 5.32 Å². The van der Waals surface area contributed by atoms with Gasteiger partial charge in [-0.2, -0.15) is 0 Å². The first-order valence-corrected chi connectivity index (χ1v) is 12.8. The number of nitrogens with zero attached hydrogens (tertiary/aromatic N) is 3. The van der Waals surface area contributed by atoms with Gasteiger partial charge in [-0.25, -0.2) is 0 Å². The molecule has 0 fully saturated rings. The van der Waals surface area contributed by atoms with E-state index in [0.29, 0.717) is 18.7 Å². The lowest BCUT2D eigenvalue weighted by molar-refractivity contribution is 0.0952. The molecular formula is C27H32N4OS. The molecule has 5 nitrogen and oxygen atoms in total. The third-order valence-corrected chi connectivity index (χ3v) is 6.94. The van der Waals surface area contributed by atoms with Gasteiger partial charge in [-0.3, -0.25) is 9.48 Å². The van der Waals surface area contributed by atoms with Crippen LogP contribution in [0.1, 0.15) is 66.2 Å². The van der Waals surface area contributed by atoms with Crippen LogP contribution in [0.2, 0.25) is 0 Å². The van der Waals surface area contributed by atoms with Crippen molar-refractivity contribution in [3.63, 3.8) is 0 Å². The average molecular weight is 461 g/mol. The summed E-state index contributed by atoms with van der Waals surface area (Å²) in [6.07, 6.45) is 10.2. The summed E-state index contributed by atoms with van der Waals surface area (Å²) >= 11 is 1.76. The van der Waals surface area contributed by atoms with E-state index in [2.05, 4.69) is 64.3 Å². The van der Waals surface area contributed by atoms with Crippen LogP contribution in [-0.4, -0.2) is 27.4 Å². The molecule has 4 rings (SSSR count). The lowest BCUT2D eigenvalue weighted by Gasteiger charge is -2.06. The molecule has 6 heteroatoms. The molecule has 0 unspecified atom stereocenters. The first-order chi connectivity index (χ1) is 16.2. The Morgan fingerprint density at radius 3 is 2.70 bits per heavy atom. The molecule has 2 aromatic heterocycles. The largest absolute Gasteiger partial charge is 0.350 e. The Balaban J connectivity index is 1.21. The molecule has 4 aromatic rings. The summed E-state index contributed by atoms with van der Waals surface area (Å²) in [5.74, 6) is -0.0467. The lowest BCUT2D eigenvalue weighted by Crippen LogP contribution is -2.27. The Morgan fingerprint density at radius 2 is 1.85 bits per heavy atom. The number of rotatable bonds is 12. The molecule has 0 radical (unpaired) electrons. The van der Waals surface area contributed by atoms with Crippen molar-refractivity contribution in [1.82, 2.24) is 20.3 Å². The van der Waals surface area contributed by atoms with Gasteiger partial charge in [0.15, 0.2) is 0 Å². The highest BCUT2D eigenvalue weighted by molar-refractivity contribution is 7.17. The van der Waals surface area contributed by atoms with Gasteiger partial charge in [0.05, 0.1) is 12.2 Å². The quantitative estimate of drug-likeness (QED) is 0.263. The molecule has 0 aliphatic rings. The van der Waals surface area contributed by atoms with Gasteiger partial charge in [0.2, 0.25) is 0 Å². The van der Waals surface area contributed by atoms with Crippen molar-refractivity contribution in [2.24, 2.45) is 0 Å². The third-order valence-electron chi connectivity index (χ3n) is 5.93. The van der Waals surface area contributed by atoms with Crippen LogP contribution in [0.25, 0.3) is 10.1 Å². The molecule has 0 bridgehead atoms. The molecular weight excluding hydrogens is 428 g/mol. The van der Waals surface area contributed by atoms with Crippen LogP contribution >= 0.6 is 11.3 Å². The number of hydrogen-bond acceptors (Lipinski definition) is 4. The first-order valence-electron chi connectivity index (χ1n) is 11.9. The predicted octanol–water partition coefficient (Wildman–Crippen LogP) is 6.03. The normalized spacial score (nSPS) is 11.2. The molecule has 1 amide bonds. The van der Waals surface area contributed by atoms with E-state index in [1.807, 2.05) is 18.3 Å². The smallest absolute Gasteiger partial charge is 0.251 e. The number of aromatic nitrogens is 3. The fourth-order valence-electron chi connectivity index (χ4n) is 4.04. The molecule has 0 atom stereocenters. The van der Waals surface area contributed by atoms with E-state index >= 15 is 0 Å². The van der Waals surface area contributed by atoms with Crippen molar-refractivity contribution < 1.29 is 4.79 Å². The minimum Gasteiger partial charge on any atom is -0.350 e. The van der Waals surface area contributed by atoms with Crippen molar-refractivity contribution in [1.29, 1.82) is 0 Å². The van der Waals surface area contributed by atoms with Crippen LogP contribution in [-0.2, 0) is 19.4 Å². The van der Waals surface area contributed by atoms with Gasteiger partial charge >= 0.3 is 0 Å². The number of carbonyl (C=O) groups excluding carboxylic acids is 1. The Labute approximate surface area is 199 Å². The van der Waals surface area contributed by atoms with E-state index in [1.165, 1.54) is 53.3 Å². The maximum atomic E-state index is 12.5. The molecule has 2 aromatic carbocycles. The maximum absolute atomic E-state index is 12.5. The lowest BCUT2D eigenvalue weighted by atomic mass is 10.0. The number of nitrogens with one attached hydrogen (secondary N) is 1. The summed E-state index contributed by atoms with van der Waals surface area (Å²) in [6, 6.07) is 16.4. The van der Waals surface area contributed by atoms with Crippen molar-refractivity contribution in [2.75, 3.05) is 6.54 Å². The number of amides is 1. The SMILES string of the molecule is CCCCCCCc1ccc(C(=O)NCCn2cc(Cc3csc4ccccc34)nn2)cc1. The monoisotopic (exact) mass is 460 g/mol. The van der Waals surface area contributed by atoms with E-state index in [-0.39, 0.29) is 5.91 Å². The molecule has 0 aliphatic carbocycles. The average Bonchev–Trinajstić information content (AvgIpc) is 3.46. The van der Waals surface area contributed by atoms with E-state index in [9.17, 15) is 4.79 Å². The number of aryl methyl sites for hydroxylation is 1. The fraction of sp³-hybridized carbons (Fsp3) is 0.370. The molecule has 1 N–H and O–H groups in total. The van der Waals surface area contributed by atoms with Crippen LogP contribution in [0.3, 0.4) is 0 Å². The zero-order chi connectivity index (χ0) is 22.9. The molecule has 0 spiro atoms. The van der Waals surface area contributed by atoms with Gasteiger partial charge in [-0.05, 0) is 52.9 Å². The fourth-order valence-corrected chi connectivity index (χ4v) is 5.00. The molecule has 172 valence electrons. The van der Waals surface area contributed by atoms with E-state index in [0.717, 1.165) is 18.5 Å². The third kappa shape index (κ3) is 6.51. The topological polar surface area (TPSA) is 59.8 Å². The van der Waals surface area contributed by atoms with Crippen molar-refractivity contribution in [2.45, 2.75) is 58.4 Å². The Kier molecular flexibility index (Phi) is 8.25. The van der Waals surface area contributed by atoms with E-state index < -0.39 is 0 Å². The van der Waals surface area contributed by atoms with Gasteiger partial charge in [0.1, 0.15) is 0 Å². The van der Waals surface area contributed by atoms with Crippen molar-refractivity contribution >= 4 is 27.3 Å². The standard InChI is InChI=1S/C27H32N4OS/c1-2-3-4-5-6-9-21-12-14-22(15-13-21)27(32)28-16-17-31-19-24(29-30-31)18-23-20-33-26-11-8-7-10-25(23)26/h7-8,10-15,19-20H,2-6,9,16-18H2,1H3,(H,28,32). The summed E-state index contributed by atoms with van der Waals surface area (Å²) in [5.41, 5.74) is 4.22. The number of fused-ring (bicyclic) bond motifs is 1. The summed E-state index contributed by atoms with van der Waals surface area (Å²) < 4.78 is 3.09. The Hall–Kier alpha value is -2.99. The van der Waals surface area contributed by atoms with Gasteiger partial charge in [0.25, 0.3) is 5.91 Å². The number of thiophene rings is 1. The second kappa shape index (κ2) is 11.8. The Morgan fingerprint density at radius 1 is 1.03 bits per heavy atom. The van der Waals surface area contributed by atoms with Gasteiger partial charge in [-0.15, -0.1) is 16.4 Å². The minimum absolute atomic E-state index is 0.0467. The summed E-state index contributed by atoms with van der Waals surface area (Å²) in [6.45, 7) is 3.35. The van der Waals surface area contributed by atoms with Crippen LogP contribution in [0.4, 0.5) is 0 Å². The zero-order valence-corrected chi connectivity index (χ0v) is 20.1. The molecule has 0 aliphatic heterocycles. The van der Waals surface area contributed by atoms with Gasteiger partial charge in [-0.1, -0.05) is 68.2 Å². The highest BCUT2D eigenvalue weighted by Crippen LogP contribution is 2.27. The predicted molar refractivity (Wildman–Crippen MR) is 136 cm³/mol. The van der Waals surface area contributed by atoms with Gasteiger partial charge in [0, 0.05) is 29.4 Å². The summed E-state index contributed by atoms with van der Waals surface area (Å²) in [7, 11) is 0. The van der Waals surface area contributed by atoms with Crippen molar-refractivity contribution in [3.05, 3.63) is 82.5 Å². The van der Waals surface area contributed by atoms with Crippen molar-refractivity contribution in [3.8, 4) is 0 Å². The second-order valence-electron chi connectivity index (χ2n) is 8.52. The first kappa shape index (κ1) is 23.2. The highest BCUT2D eigenvalue weighted by atomic mass is 32.1. The van der Waals surface area contributed by atoms with Crippen LogP contribution < -0.4 is 5.32 Å². The summed E-state index contributed by atoms with van der Waals surface area (Å²) in [5, 5.41) is 15.0. The maximum Gasteiger partial charge on any atom is 0.251 e. The summed E-state index contributed by atoms with van der Waals surface area (Å²) in [4.78, 5) is 12.5. The minimum atomic E-state index is -0.0467. The zero-order valence-electron chi connectivity index (χ0n) is 19.3. The number of benzene rings is 2. The van der Waals surface area contributed by atoms with Crippen LogP contribution in [0, 0.1) is 0 Å². The molecule has 33 heavy (non-hydrogen) atoms. The van der Waals surface area contributed by atoms with Crippen LogP contribution in [0.15, 0.2) is 60.1 Å². The van der Waals surface area contributed by atoms with E-state index in [4.69, 9.17) is 0 Å². The highest BCUT2D eigenvalue weighted by Gasteiger charge is 2.09. The Bertz CT molecular complexity index is 1160. The number of unbranched alkanes of at least 4 members (excludes halogenated alkanes) is 4. The number of hydrogen-bond donors (Lipinski definition) is 1.